The number of likely N-dealkylation sites (N-methyl/N-ethyl adjacent to an activating group) is 1. The zero-order chi connectivity index (χ0) is 18.0. The molecular weight excluding hydrogens is 318 g/mol. The van der Waals surface area contributed by atoms with Crippen LogP contribution in [0.2, 0.25) is 0 Å². The van der Waals surface area contributed by atoms with Crippen molar-refractivity contribution in [2.24, 2.45) is 11.8 Å². The van der Waals surface area contributed by atoms with Gasteiger partial charge in [0.25, 0.3) is 0 Å². The number of carbonyl (C=O) groups is 3. The molecule has 2 atom stereocenters. The van der Waals surface area contributed by atoms with E-state index in [0.29, 0.717) is 12.1 Å². The van der Waals surface area contributed by atoms with Gasteiger partial charge in [-0.25, -0.2) is 0 Å². The number of likely N-dealkylation sites (tertiary alicyclic amines) is 1. The van der Waals surface area contributed by atoms with E-state index in [2.05, 4.69) is 6.07 Å². The maximum absolute atomic E-state index is 12.5. The summed E-state index contributed by atoms with van der Waals surface area (Å²) < 4.78 is 0. The van der Waals surface area contributed by atoms with Crippen LogP contribution in [0, 0.1) is 23.2 Å². The van der Waals surface area contributed by atoms with Crippen molar-refractivity contribution in [1.82, 2.24) is 9.80 Å². The molecule has 25 heavy (non-hydrogen) atoms. The Hall–Kier alpha value is -2.68. The molecule has 1 aromatic carbocycles. The first-order valence-electron chi connectivity index (χ1n) is 8.59. The molecular formula is C19H21N3O3. The zero-order valence-electron chi connectivity index (χ0n) is 14.3. The van der Waals surface area contributed by atoms with Gasteiger partial charge in [0.1, 0.15) is 6.54 Å². The van der Waals surface area contributed by atoms with E-state index < -0.39 is 0 Å². The number of amides is 3. The van der Waals surface area contributed by atoms with E-state index in [1.54, 1.807) is 31.3 Å². The van der Waals surface area contributed by atoms with Crippen LogP contribution in [0.15, 0.2) is 24.3 Å². The highest BCUT2D eigenvalue weighted by Gasteiger charge is 2.48. The molecule has 0 radical (unpaired) electrons. The summed E-state index contributed by atoms with van der Waals surface area (Å²) in [5.74, 6) is -1.08. The van der Waals surface area contributed by atoms with Gasteiger partial charge in [0.15, 0.2) is 0 Å². The largest absolute Gasteiger partial charge is 0.340 e. The van der Waals surface area contributed by atoms with Gasteiger partial charge in [0.05, 0.1) is 23.5 Å². The van der Waals surface area contributed by atoms with Gasteiger partial charge in [-0.2, -0.15) is 5.26 Å². The lowest BCUT2D eigenvalue weighted by molar-refractivity contribution is -0.146. The second kappa shape index (κ2) is 7.06. The Balaban J connectivity index is 1.62. The highest BCUT2D eigenvalue weighted by Crippen LogP contribution is 2.37. The molecule has 2 unspecified atom stereocenters. The first kappa shape index (κ1) is 17.2. The van der Waals surface area contributed by atoms with E-state index in [1.807, 2.05) is 0 Å². The van der Waals surface area contributed by atoms with Crippen LogP contribution in [0.5, 0.6) is 0 Å². The summed E-state index contributed by atoms with van der Waals surface area (Å²) in [4.78, 5) is 40.0. The van der Waals surface area contributed by atoms with Gasteiger partial charge in [-0.1, -0.05) is 25.0 Å². The van der Waals surface area contributed by atoms with Gasteiger partial charge in [-0.15, -0.1) is 0 Å². The molecule has 0 bridgehead atoms. The topological polar surface area (TPSA) is 81.5 Å². The lowest BCUT2D eigenvalue weighted by Crippen LogP contribution is -2.41. The first-order valence-corrected chi connectivity index (χ1v) is 8.59. The molecule has 2 fully saturated rings. The highest BCUT2D eigenvalue weighted by molar-refractivity contribution is 6.07. The molecule has 130 valence electrons. The molecule has 3 amide bonds. The minimum Gasteiger partial charge on any atom is -0.340 e. The number of nitriles is 1. The quantitative estimate of drug-likeness (QED) is 0.782. The molecule has 1 aromatic rings. The van der Waals surface area contributed by atoms with Crippen LogP contribution in [0.1, 0.15) is 36.8 Å². The van der Waals surface area contributed by atoms with Gasteiger partial charge >= 0.3 is 0 Å². The lowest BCUT2D eigenvalue weighted by Gasteiger charge is -2.21. The molecule has 6 nitrogen and oxygen atoms in total. The van der Waals surface area contributed by atoms with Gasteiger partial charge in [0.2, 0.25) is 17.7 Å². The zero-order valence-corrected chi connectivity index (χ0v) is 14.3. The van der Waals surface area contributed by atoms with E-state index in [1.165, 1.54) is 4.90 Å². The van der Waals surface area contributed by atoms with Crippen LogP contribution in [-0.2, 0) is 20.9 Å². The minimum atomic E-state index is -0.260. The molecule has 0 spiro atoms. The molecule has 1 heterocycles. The lowest BCUT2D eigenvalue weighted by atomic mass is 9.81. The number of hydrogen-bond acceptors (Lipinski definition) is 4. The van der Waals surface area contributed by atoms with Gasteiger partial charge < -0.3 is 4.90 Å². The summed E-state index contributed by atoms with van der Waals surface area (Å²) in [6.07, 6.45) is 3.45. The monoisotopic (exact) mass is 339 g/mol. The number of benzene rings is 1. The second-order valence-corrected chi connectivity index (χ2v) is 6.82. The second-order valence-electron chi connectivity index (χ2n) is 6.82. The Morgan fingerprint density at radius 2 is 1.72 bits per heavy atom. The van der Waals surface area contributed by atoms with Crippen molar-refractivity contribution in [3.63, 3.8) is 0 Å². The first-order chi connectivity index (χ1) is 12.0. The highest BCUT2D eigenvalue weighted by atomic mass is 16.2. The Bertz CT molecular complexity index is 711. The third-order valence-electron chi connectivity index (χ3n) is 5.15. The van der Waals surface area contributed by atoms with Gasteiger partial charge in [-0.3, -0.25) is 19.3 Å². The predicted molar refractivity (Wildman–Crippen MR) is 89.8 cm³/mol. The van der Waals surface area contributed by atoms with Crippen molar-refractivity contribution < 1.29 is 14.4 Å². The fourth-order valence-corrected chi connectivity index (χ4v) is 3.69. The average molecular weight is 339 g/mol. The Labute approximate surface area is 147 Å². The number of rotatable bonds is 4. The van der Waals surface area contributed by atoms with Crippen molar-refractivity contribution in [2.75, 3.05) is 13.6 Å². The smallest absolute Gasteiger partial charge is 0.242 e. The third kappa shape index (κ3) is 3.41. The molecule has 1 aliphatic heterocycles. The van der Waals surface area contributed by atoms with Crippen molar-refractivity contribution in [2.45, 2.75) is 32.2 Å². The fraction of sp³-hybridized carbons (Fsp3) is 0.474. The van der Waals surface area contributed by atoms with Crippen molar-refractivity contribution in [1.29, 1.82) is 5.26 Å². The molecule has 2 aliphatic rings. The molecule has 1 saturated heterocycles. The summed E-state index contributed by atoms with van der Waals surface area (Å²) in [6.45, 7) is 0.186. The molecule has 6 heteroatoms. The number of imide groups is 1. The summed E-state index contributed by atoms with van der Waals surface area (Å²) >= 11 is 0. The average Bonchev–Trinajstić information content (AvgIpc) is 2.87. The van der Waals surface area contributed by atoms with Gasteiger partial charge in [0, 0.05) is 13.6 Å². The van der Waals surface area contributed by atoms with E-state index >= 15 is 0 Å². The molecule has 0 N–H and O–H groups in total. The van der Waals surface area contributed by atoms with Crippen molar-refractivity contribution in [3.05, 3.63) is 35.4 Å². The van der Waals surface area contributed by atoms with Crippen molar-refractivity contribution in [3.8, 4) is 6.07 Å². The maximum Gasteiger partial charge on any atom is 0.242 e. The SMILES string of the molecule is CN(Cc1ccc(C#N)cc1)C(=O)CN1C(=O)C2CCCCC2C1=O. The maximum atomic E-state index is 12.5. The standard InChI is InChI=1S/C19H21N3O3/c1-21(11-14-8-6-13(10-20)7-9-14)17(23)12-22-18(24)15-4-2-3-5-16(15)19(22)25/h6-9,15-16H,2-5,11-12H2,1H3. The Morgan fingerprint density at radius 1 is 1.16 bits per heavy atom. The molecule has 0 aromatic heterocycles. The van der Waals surface area contributed by atoms with Gasteiger partial charge in [-0.05, 0) is 30.5 Å². The normalized spacial score (nSPS) is 22.5. The Morgan fingerprint density at radius 3 is 2.24 bits per heavy atom. The molecule has 3 rings (SSSR count). The number of carbonyl (C=O) groups excluding carboxylic acids is 3. The van der Waals surface area contributed by atoms with Crippen LogP contribution in [0.25, 0.3) is 0 Å². The van der Waals surface area contributed by atoms with Crippen LogP contribution < -0.4 is 0 Å². The van der Waals surface area contributed by atoms with Crippen LogP contribution >= 0.6 is 0 Å². The number of nitrogens with zero attached hydrogens (tertiary/aromatic N) is 3. The van der Waals surface area contributed by atoms with E-state index in [9.17, 15) is 14.4 Å². The fourth-order valence-electron chi connectivity index (χ4n) is 3.69. The summed E-state index contributed by atoms with van der Waals surface area (Å²) in [5.41, 5.74) is 1.45. The minimum absolute atomic E-state index is 0.183. The molecule has 1 saturated carbocycles. The van der Waals surface area contributed by atoms with Crippen LogP contribution in [0.3, 0.4) is 0 Å². The van der Waals surface area contributed by atoms with Crippen molar-refractivity contribution >= 4 is 17.7 Å². The predicted octanol–water partition coefficient (Wildman–Crippen LogP) is 1.69. The summed E-state index contributed by atoms with van der Waals surface area (Å²) in [6, 6.07) is 9.04. The molecule has 1 aliphatic carbocycles. The van der Waals surface area contributed by atoms with E-state index in [-0.39, 0.29) is 36.1 Å². The van der Waals surface area contributed by atoms with E-state index in [4.69, 9.17) is 5.26 Å². The Kier molecular flexibility index (Phi) is 4.84. The van der Waals surface area contributed by atoms with Crippen LogP contribution in [0.4, 0.5) is 0 Å². The third-order valence-corrected chi connectivity index (χ3v) is 5.15. The number of hydrogen-bond donors (Lipinski definition) is 0. The number of fused-ring (bicyclic) bond motifs is 1. The summed E-state index contributed by atoms with van der Waals surface area (Å²) in [5, 5.41) is 8.81. The summed E-state index contributed by atoms with van der Waals surface area (Å²) in [7, 11) is 1.65. The van der Waals surface area contributed by atoms with Crippen LogP contribution in [-0.4, -0.2) is 41.1 Å². The van der Waals surface area contributed by atoms with E-state index in [0.717, 1.165) is 36.1 Å².